The van der Waals surface area contributed by atoms with Crippen molar-refractivity contribution < 1.29 is 13.9 Å². The summed E-state index contributed by atoms with van der Waals surface area (Å²) in [6.45, 7) is 2.11. The van der Waals surface area contributed by atoms with E-state index in [9.17, 15) is 9.18 Å². The molecule has 1 amide bonds. The van der Waals surface area contributed by atoms with Gasteiger partial charge < -0.3 is 10.1 Å². The predicted molar refractivity (Wildman–Crippen MR) is 136 cm³/mol. The van der Waals surface area contributed by atoms with Crippen LogP contribution in [0.3, 0.4) is 0 Å². The van der Waals surface area contributed by atoms with Gasteiger partial charge in [-0.25, -0.2) is 4.98 Å². The number of carbonyl (C=O) groups is 1. The molecule has 4 aromatic rings. The monoisotopic (exact) mass is 492 g/mol. The number of halogens is 2. The summed E-state index contributed by atoms with van der Waals surface area (Å²) >= 11 is 7.86. The molecule has 0 saturated heterocycles. The minimum Gasteiger partial charge on any atom is -0.457 e. The Kier molecular flexibility index (Phi) is 7.83. The summed E-state index contributed by atoms with van der Waals surface area (Å²) < 4.78 is 19.4. The number of anilines is 1. The van der Waals surface area contributed by atoms with Crippen LogP contribution in [0.15, 0.2) is 90.0 Å². The lowest BCUT2D eigenvalue weighted by molar-refractivity contribution is -0.115. The van der Waals surface area contributed by atoms with E-state index in [1.54, 1.807) is 60.3 Å². The van der Waals surface area contributed by atoms with E-state index in [4.69, 9.17) is 16.3 Å². The van der Waals surface area contributed by atoms with Gasteiger partial charge >= 0.3 is 0 Å². The Morgan fingerprint density at radius 2 is 1.88 bits per heavy atom. The molecule has 34 heavy (non-hydrogen) atoms. The lowest BCUT2D eigenvalue weighted by atomic mass is 10.1. The van der Waals surface area contributed by atoms with Crippen molar-refractivity contribution in [1.82, 2.24) is 4.98 Å². The molecular weight excluding hydrogens is 471 g/mol. The number of hydrogen-bond acceptors (Lipinski definition) is 4. The van der Waals surface area contributed by atoms with Crippen LogP contribution in [0.25, 0.3) is 11.1 Å². The van der Waals surface area contributed by atoms with Crippen LogP contribution in [-0.4, -0.2) is 16.6 Å². The number of rotatable bonds is 8. The molecule has 0 saturated carbocycles. The van der Waals surface area contributed by atoms with Crippen molar-refractivity contribution >= 4 is 35.0 Å². The molecule has 0 bridgehead atoms. The molecule has 4 rings (SSSR count). The quantitative estimate of drug-likeness (QED) is 0.203. The normalized spacial score (nSPS) is 10.7. The van der Waals surface area contributed by atoms with Crippen LogP contribution in [0.2, 0.25) is 5.02 Å². The average Bonchev–Trinajstić information content (AvgIpc) is 2.81. The number of nitrogens with zero attached hydrogens (tertiary/aromatic N) is 1. The van der Waals surface area contributed by atoms with Crippen LogP contribution < -0.4 is 10.1 Å². The fourth-order valence-electron chi connectivity index (χ4n) is 3.38. The van der Waals surface area contributed by atoms with Gasteiger partial charge in [0.05, 0.1) is 6.42 Å². The number of hydrogen-bond donors (Lipinski definition) is 1. The lowest BCUT2D eigenvalue weighted by Gasteiger charge is -2.14. The van der Waals surface area contributed by atoms with E-state index in [0.29, 0.717) is 33.3 Å². The van der Waals surface area contributed by atoms with Crippen molar-refractivity contribution in [2.24, 2.45) is 0 Å². The zero-order chi connectivity index (χ0) is 23.9. The topological polar surface area (TPSA) is 51.2 Å². The fourth-order valence-corrected chi connectivity index (χ4v) is 4.22. The van der Waals surface area contributed by atoms with Crippen LogP contribution in [0, 0.1) is 5.95 Å². The van der Waals surface area contributed by atoms with Crippen molar-refractivity contribution in [3.8, 4) is 22.6 Å². The molecule has 0 fully saturated rings. The molecule has 0 aliphatic rings. The summed E-state index contributed by atoms with van der Waals surface area (Å²) in [6, 6.07) is 23.2. The van der Waals surface area contributed by atoms with E-state index in [-0.39, 0.29) is 12.3 Å². The van der Waals surface area contributed by atoms with Gasteiger partial charge in [-0.15, -0.1) is 11.8 Å². The van der Waals surface area contributed by atoms with Gasteiger partial charge in [0.25, 0.3) is 0 Å². The molecule has 0 aliphatic carbocycles. The predicted octanol–water partition coefficient (Wildman–Crippen LogP) is 7.63. The maximum absolute atomic E-state index is 13.3. The minimum absolute atomic E-state index is 0.138. The van der Waals surface area contributed by atoms with E-state index in [0.717, 1.165) is 11.3 Å². The van der Waals surface area contributed by atoms with Crippen LogP contribution in [0.1, 0.15) is 12.5 Å². The van der Waals surface area contributed by atoms with E-state index >= 15 is 0 Å². The first kappa shape index (κ1) is 23.8. The number of ether oxygens (including phenoxy) is 1. The third-order valence-corrected chi connectivity index (χ3v) is 6.06. The second-order valence-electron chi connectivity index (χ2n) is 7.44. The lowest BCUT2D eigenvalue weighted by Crippen LogP contribution is -2.14. The second-order valence-corrected chi connectivity index (χ2v) is 9.22. The van der Waals surface area contributed by atoms with E-state index in [1.165, 1.54) is 17.2 Å². The second kappa shape index (κ2) is 11.2. The summed E-state index contributed by atoms with van der Waals surface area (Å²) in [7, 11) is 0. The SMILES string of the molecule is CCSc1ccc(CC(=O)Nc2ccc(-c3ccc(F)nc3)c(Oc3cccc(Cl)c3)c2)cc1. The Morgan fingerprint density at radius 3 is 2.59 bits per heavy atom. The minimum atomic E-state index is -0.564. The van der Waals surface area contributed by atoms with Gasteiger partial charge in [0.2, 0.25) is 11.9 Å². The molecule has 1 N–H and O–H groups in total. The van der Waals surface area contributed by atoms with E-state index in [1.807, 2.05) is 24.3 Å². The van der Waals surface area contributed by atoms with Gasteiger partial charge in [-0.2, -0.15) is 4.39 Å². The first-order valence-corrected chi connectivity index (χ1v) is 12.1. The molecule has 0 atom stereocenters. The molecule has 1 heterocycles. The summed E-state index contributed by atoms with van der Waals surface area (Å²) in [5.74, 6) is 1.32. The highest BCUT2D eigenvalue weighted by Gasteiger charge is 2.12. The molecule has 1 aromatic heterocycles. The molecule has 7 heteroatoms. The van der Waals surface area contributed by atoms with Crippen molar-refractivity contribution in [2.75, 3.05) is 11.1 Å². The molecule has 0 radical (unpaired) electrons. The maximum Gasteiger partial charge on any atom is 0.228 e. The number of nitrogens with one attached hydrogen (secondary N) is 1. The Balaban J connectivity index is 1.56. The highest BCUT2D eigenvalue weighted by atomic mass is 35.5. The Labute approximate surface area is 207 Å². The summed E-state index contributed by atoms with van der Waals surface area (Å²) in [5, 5.41) is 3.47. The first-order valence-electron chi connectivity index (χ1n) is 10.7. The Bertz CT molecular complexity index is 1280. The maximum atomic E-state index is 13.3. The smallest absolute Gasteiger partial charge is 0.228 e. The molecule has 0 unspecified atom stereocenters. The summed E-state index contributed by atoms with van der Waals surface area (Å²) in [6.07, 6.45) is 1.69. The number of pyridine rings is 1. The van der Waals surface area contributed by atoms with Crippen LogP contribution in [0.4, 0.5) is 10.1 Å². The van der Waals surface area contributed by atoms with Crippen molar-refractivity contribution in [1.29, 1.82) is 0 Å². The number of amides is 1. The van der Waals surface area contributed by atoms with Gasteiger partial charge in [-0.3, -0.25) is 4.79 Å². The summed E-state index contributed by atoms with van der Waals surface area (Å²) in [5.41, 5.74) is 2.90. The van der Waals surface area contributed by atoms with Crippen molar-refractivity contribution in [2.45, 2.75) is 18.2 Å². The molecule has 172 valence electrons. The number of carbonyl (C=O) groups excluding carboxylic acids is 1. The first-order chi connectivity index (χ1) is 16.5. The van der Waals surface area contributed by atoms with Crippen LogP contribution in [-0.2, 0) is 11.2 Å². The van der Waals surface area contributed by atoms with Crippen LogP contribution >= 0.6 is 23.4 Å². The molecule has 0 spiro atoms. The standard InChI is InChI=1S/C27H22ClFN2O2S/c1-2-34-23-10-6-18(7-11-23)14-27(32)31-21-9-12-24(19-8-13-26(29)30-17-19)25(16-21)33-22-5-3-4-20(28)15-22/h3-13,15-17H,2,14H2,1H3,(H,31,32). The largest absolute Gasteiger partial charge is 0.457 e. The third kappa shape index (κ3) is 6.37. The van der Waals surface area contributed by atoms with Crippen LogP contribution in [0.5, 0.6) is 11.5 Å². The van der Waals surface area contributed by atoms with Gasteiger partial charge in [0.1, 0.15) is 11.5 Å². The molecule has 4 nitrogen and oxygen atoms in total. The van der Waals surface area contributed by atoms with Crippen molar-refractivity contribution in [3.63, 3.8) is 0 Å². The number of aromatic nitrogens is 1. The van der Waals surface area contributed by atoms with Gasteiger partial charge in [-0.1, -0.05) is 36.7 Å². The molecule has 0 aliphatic heterocycles. The summed E-state index contributed by atoms with van der Waals surface area (Å²) in [4.78, 5) is 17.6. The van der Waals surface area contributed by atoms with Gasteiger partial charge in [0.15, 0.2) is 0 Å². The van der Waals surface area contributed by atoms with Crippen molar-refractivity contribution in [3.05, 3.63) is 102 Å². The fraction of sp³-hybridized carbons (Fsp3) is 0.111. The molecular formula is C27H22ClFN2O2S. The highest BCUT2D eigenvalue weighted by molar-refractivity contribution is 7.99. The van der Waals surface area contributed by atoms with Gasteiger partial charge in [0, 0.05) is 39.0 Å². The Hall–Kier alpha value is -3.35. The zero-order valence-electron chi connectivity index (χ0n) is 18.4. The highest BCUT2D eigenvalue weighted by Crippen LogP contribution is 2.36. The van der Waals surface area contributed by atoms with E-state index in [2.05, 4.69) is 17.2 Å². The van der Waals surface area contributed by atoms with Gasteiger partial charge in [-0.05, 0) is 65.9 Å². The number of thioether (sulfide) groups is 1. The zero-order valence-corrected chi connectivity index (χ0v) is 20.0. The average molecular weight is 493 g/mol. The Morgan fingerprint density at radius 1 is 1.06 bits per heavy atom. The number of benzene rings is 3. The van der Waals surface area contributed by atoms with E-state index < -0.39 is 5.95 Å². The third-order valence-electron chi connectivity index (χ3n) is 4.93. The molecule has 3 aromatic carbocycles.